The summed E-state index contributed by atoms with van der Waals surface area (Å²) in [6.07, 6.45) is 3.12. The number of hydrogen-bond acceptors (Lipinski definition) is 4. The van der Waals surface area contributed by atoms with Crippen molar-refractivity contribution in [3.05, 3.63) is 53.1 Å². The molecule has 0 bridgehead atoms. The van der Waals surface area contributed by atoms with Gasteiger partial charge in [-0.3, -0.25) is 14.5 Å². The number of fused-ring (bicyclic) bond motifs is 1. The lowest BCUT2D eigenvalue weighted by Gasteiger charge is -2.11. The molecule has 3 rings (SSSR count). The van der Waals surface area contributed by atoms with Gasteiger partial charge in [0.15, 0.2) is 0 Å². The molecule has 0 saturated heterocycles. The summed E-state index contributed by atoms with van der Waals surface area (Å²) < 4.78 is 0. The molecule has 100 valence electrons. The predicted molar refractivity (Wildman–Crippen MR) is 66.2 cm³/mol. The Morgan fingerprint density at radius 1 is 1.25 bits per heavy atom. The number of hydrogen-bond donors (Lipinski definition) is 2. The highest BCUT2D eigenvalue weighted by molar-refractivity contribution is 6.21. The Hall–Kier alpha value is -2.96. The van der Waals surface area contributed by atoms with E-state index in [4.69, 9.17) is 5.11 Å². The molecule has 1 aromatic heterocycles. The lowest BCUT2D eigenvalue weighted by Crippen LogP contribution is -2.29. The van der Waals surface area contributed by atoms with Crippen LogP contribution in [0.15, 0.2) is 30.6 Å². The second-order valence-electron chi connectivity index (χ2n) is 4.30. The highest BCUT2D eigenvalue weighted by Gasteiger charge is 2.36. The molecule has 0 atom stereocenters. The molecule has 1 aliphatic heterocycles. The number of nitrogens with zero attached hydrogens (tertiary/aromatic N) is 2. The highest BCUT2D eigenvalue weighted by Crippen LogP contribution is 2.25. The zero-order chi connectivity index (χ0) is 14.3. The Morgan fingerprint density at radius 2 is 2.00 bits per heavy atom. The smallest absolute Gasteiger partial charge is 0.335 e. The Morgan fingerprint density at radius 3 is 2.65 bits per heavy atom. The number of H-pyrrole nitrogens is 1. The average molecular weight is 271 g/mol. The van der Waals surface area contributed by atoms with Crippen LogP contribution >= 0.6 is 0 Å². The van der Waals surface area contributed by atoms with Gasteiger partial charge in [0.05, 0.1) is 23.2 Å². The Kier molecular flexibility index (Phi) is 2.60. The molecule has 1 aromatic carbocycles. The van der Waals surface area contributed by atoms with Crippen LogP contribution < -0.4 is 0 Å². The number of benzene rings is 1. The largest absolute Gasteiger partial charge is 0.478 e. The third kappa shape index (κ3) is 1.76. The molecule has 2 amide bonds. The summed E-state index contributed by atoms with van der Waals surface area (Å²) in [5, 5.41) is 8.92. The number of aromatic nitrogens is 2. The fraction of sp³-hybridized carbons (Fsp3) is 0.0769. The summed E-state index contributed by atoms with van der Waals surface area (Å²) in [5.74, 6) is -1.61. The molecule has 7 nitrogen and oxygen atoms in total. The van der Waals surface area contributed by atoms with Crippen molar-refractivity contribution in [2.24, 2.45) is 0 Å². The summed E-state index contributed by atoms with van der Waals surface area (Å²) in [7, 11) is 0. The van der Waals surface area contributed by atoms with Crippen molar-refractivity contribution in [2.75, 3.05) is 0 Å². The fourth-order valence-electron chi connectivity index (χ4n) is 2.10. The van der Waals surface area contributed by atoms with Gasteiger partial charge in [-0.05, 0) is 18.2 Å². The van der Waals surface area contributed by atoms with Crippen LogP contribution in [0.2, 0.25) is 0 Å². The molecule has 1 aliphatic rings. The van der Waals surface area contributed by atoms with E-state index in [1.54, 1.807) is 6.20 Å². The third-order valence-electron chi connectivity index (χ3n) is 3.08. The van der Waals surface area contributed by atoms with E-state index < -0.39 is 17.8 Å². The Balaban J connectivity index is 1.97. The normalized spacial score (nSPS) is 13.7. The number of aromatic carboxylic acids is 1. The minimum absolute atomic E-state index is 0.0234. The zero-order valence-electron chi connectivity index (χ0n) is 10.2. The topological polar surface area (TPSA) is 103 Å². The van der Waals surface area contributed by atoms with Gasteiger partial charge in [-0.2, -0.15) is 0 Å². The summed E-state index contributed by atoms with van der Waals surface area (Å²) in [6.45, 7) is 0.0295. The van der Waals surface area contributed by atoms with Crippen molar-refractivity contribution < 1.29 is 19.5 Å². The maximum atomic E-state index is 12.2. The molecule has 2 N–H and O–H groups in total. The molecule has 0 unspecified atom stereocenters. The number of carbonyl (C=O) groups is 3. The van der Waals surface area contributed by atoms with Gasteiger partial charge >= 0.3 is 5.97 Å². The van der Waals surface area contributed by atoms with Gasteiger partial charge in [0, 0.05) is 12.4 Å². The predicted octanol–water partition coefficient (Wildman–Crippen LogP) is 0.904. The lowest BCUT2D eigenvalue weighted by atomic mass is 10.1. The van der Waals surface area contributed by atoms with Gasteiger partial charge in [-0.25, -0.2) is 9.78 Å². The van der Waals surface area contributed by atoms with Crippen LogP contribution in [0.3, 0.4) is 0 Å². The van der Waals surface area contributed by atoms with Gasteiger partial charge in [0.25, 0.3) is 11.8 Å². The van der Waals surface area contributed by atoms with Crippen LogP contribution in [0.4, 0.5) is 0 Å². The monoisotopic (exact) mass is 271 g/mol. The molecular formula is C13H9N3O4. The van der Waals surface area contributed by atoms with E-state index in [1.165, 1.54) is 24.4 Å². The molecular weight excluding hydrogens is 262 g/mol. The molecule has 0 spiro atoms. The van der Waals surface area contributed by atoms with Gasteiger partial charge < -0.3 is 10.1 Å². The molecule has 0 radical (unpaired) electrons. The van der Waals surface area contributed by atoms with Crippen molar-refractivity contribution in [1.82, 2.24) is 14.9 Å². The van der Waals surface area contributed by atoms with Crippen LogP contribution in [0.25, 0.3) is 0 Å². The van der Waals surface area contributed by atoms with Crippen molar-refractivity contribution in [2.45, 2.75) is 6.54 Å². The van der Waals surface area contributed by atoms with Crippen molar-refractivity contribution in [3.63, 3.8) is 0 Å². The average Bonchev–Trinajstić information content (AvgIpc) is 3.02. The van der Waals surface area contributed by atoms with E-state index in [0.29, 0.717) is 5.82 Å². The maximum absolute atomic E-state index is 12.2. The van der Waals surface area contributed by atoms with E-state index >= 15 is 0 Å². The van der Waals surface area contributed by atoms with E-state index in [0.717, 1.165) is 4.90 Å². The Bertz CT molecular complexity index is 721. The second-order valence-corrected chi connectivity index (χ2v) is 4.30. The van der Waals surface area contributed by atoms with Crippen molar-refractivity contribution in [1.29, 1.82) is 0 Å². The van der Waals surface area contributed by atoms with Gasteiger partial charge in [0.2, 0.25) is 0 Å². The number of carboxylic acids is 1. The number of imidazole rings is 1. The standard InChI is InChI=1S/C13H9N3O4/c17-11-8-2-1-7(13(19)20)5-9(8)12(18)16(11)6-10-14-3-4-15-10/h1-5H,6H2,(H,14,15)(H,19,20). The lowest BCUT2D eigenvalue weighted by molar-refractivity contribution is 0.0637. The van der Waals surface area contributed by atoms with Crippen molar-refractivity contribution in [3.8, 4) is 0 Å². The summed E-state index contributed by atoms with van der Waals surface area (Å²) >= 11 is 0. The summed E-state index contributed by atoms with van der Waals surface area (Å²) in [6, 6.07) is 3.89. The molecule has 0 saturated carbocycles. The first-order valence-electron chi connectivity index (χ1n) is 5.79. The van der Waals surface area contributed by atoms with Gasteiger partial charge in [0.1, 0.15) is 5.82 Å². The highest BCUT2D eigenvalue weighted by atomic mass is 16.4. The first-order valence-corrected chi connectivity index (χ1v) is 5.79. The quantitative estimate of drug-likeness (QED) is 0.807. The van der Waals surface area contributed by atoms with Crippen LogP contribution in [0.5, 0.6) is 0 Å². The van der Waals surface area contributed by atoms with E-state index in [9.17, 15) is 14.4 Å². The number of nitrogens with one attached hydrogen (secondary N) is 1. The molecule has 20 heavy (non-hydrogen) atoms. The molecule has 0 aliphatic carbocycles. The molecule has 0 fully saturated rings. The third-order valence-corrected chi connectivity index (χ3v) is 3.08. The van der Waals surface area contributed by atoms with Gasteiger partial charge in [-0.1, -0.05) is 0 Å². The van der Waals surface area contributed by atoms with Gasteiger partial charge in [-0.15, -0.1) is 0 Å². The van der Waals surface area contributed by atoms with Crippen LogP contribution in [0.1, 0.15) is 36.9 Å². The van der Waals surface area contributed by atoms with Crippen LogP contribution in [0, 0.1) is 0 Å². The van der Waals surface area contributed by atoms with Crippen molar-refractivity contribution >= 4 is 17.8 Å². The first-order chi connectivity index (χ1) is 9.58. The van der Waals surface area contributed by atoms with Crippen LogP contribution in [-0.4, -0.2) is 37.8 Å². The van der Waals surface area contributed by atoms with E-state index in [2.05, 4.69) is 9.97 Å². The number of aromatic amines is 1. The van der Waals surface area contributed by atoms with E-state index in [1.807, 2.05) is 0 Å². The number of carboxylic acid groups (broad SMARTS) is 1. The number of rotatable bonds is 3. The summed E-state index contributed by atoms with van der Waals surface area (Å²) in [5.41, 5.74) is 0.303. The Labute approximate surface area is 112 Å². The molecule has 7 heteroatoms. The second kappa shape index (κ2) is 4.30. The number of carbonyl (C=O) groups excluding carboxylic acids is 2. The minimum atomic E-state index is -1.14. The first kappa shape index (κ1) is 12.1. The number of amides is 2. The van der Waals surface area contributed by atoms with E-state index in [-0.39, 0.29) is 23.2 Å². The number of imide groups is 1. The maximum Gasteiger partial charge on any atom is 0.335 e. The minimum Gasteiger partial charge on any atom is -0.478 e. The fourth-order valence-corrected chi connectivity index (χ4v) is 2.10. The molecule has 2 heterocycles. The summed E-state index contributed by atoms with van der Waals surface area (Å²) in [4.78, 5) is 43.0. The molecule has 2 aromatic rings. The van der Waals surface area contributed by atoms with Crippen LogP contribution in [-0.2, 0) is 6.54 Å². The SMILES string of the molecule is O=C(O)c1ccc2c(c1)C(=O)N(Cc1ncc[nH]1)C2=O. The zero-order valence-corrected chi connectivity index (χ0v) is 10.2.